The molecule has 1 aromatic carbocycles. The van der Waals surface area contributed by atoms with Crippen LogP contribution in [0.4, 0.5) is 0 Å². The van der Waals surface area contributed by atoms with E-state index in [-0.39, 0.29) is 11.7 Å². The van der Waals surface area contributed by atoms with Crippen LogP contribution in [0.15, 0.2) is 30.5 Å². The van der Waals surface area contributed by atoms with Gasteiger partial charge in [0.2, 0.25) is 0 Å². The normalized spacial score (nSPS) is 12.6. The van der Waals surface area contributed by atoms with E-state index in [0.717, 1.165) is 17.2 Å². The van der Waals surface area contributed by atoms with Gasteiger partial charge in [-0.25, -0.2) is 0 Å². The van der Waals surface area contributed by atoms with Gasteiger partial charge in [0, 0.05) is 18.0 Å². The number of aldehydes is 1. The average molecular weight is 215 g/mol. The van der Waals surface area contributed by atoms with Crippen molar-refractivity contribution in [1.29, 1.82) is 0 Å². The molecule has 1 atom stereocenters. The first-order valence-electron chi connectivity index (χ1n) is 5.24. The molecule has 0 saturated carbocycles. The average Bonchev–Trinajstić information content (AvgIpc) is 2.30. The van der Waals surface area contributed by atoms with Crippen LogP contribution in [0.5, 0.6) is 5.75 Å². The number of aromatic nitrogens is 1. The number of fused-ring (bicyclic) bond motifs is 1. The molecule has 0 amide bonds. The second-order valence-corrected chi connectivity index (χ2v) is 3.88. The van der Waals surface area contributed by atoms with Gasteiger partial charge in [0.15, 0.2) is 0 Å². The van der Waals surface area contributed by atoms with E-state index in [1.54, 1.807) is 12.3 Å². The zero-order valence-corrected chi connectivity index (χ0v) is 9.05. The van der Waals surface area contributed by atoms with Crippen LogP contribution in [-0.4, -0.2) is 16.4 Å². The molecule has 0 aliphatic rings. The highest BCUT2D eigenvalue weighted by atomic mass is 16.3. The van der Waals surface area contributed by atoms with E-state index in [1.165, 1.54) is 0 Å². The third-order valence-corrected chi connectivity index (χ3v) is 2.76. The summed E-state index contributed by atoms with van der Waals surface area (Å²) in [5.41, 5.74) is 1.64. The molecule has 0 spiro atoms. The molecule has 0 aliphatic carbocycles. The molecule has 0 aliphatic heterocycles. The number of benzene rings is 1. The molecule has 3 heteroatoms. The van der Waals surface area contributed by atoms with Gasteiger partial charge in [-0.2, -0.15) is 0 Å². The van der Waals surface area contributed by atoms with Gasteiger partial charge in [-0.05, 0) is 23.6 Å². The van der Waals surface area contributed by atoms with Crippen molar-refractivity contribution >= 4 is 17.2 Å². The van der Waals surface area contributed by atoms with Gasteiger partial charge in [0.05, 0.1) is 0 Å². The molecule has 0 saturated heterocycles. The first kappa shape index (κ1) is 10.6. The minimum atomic E-state index is 0.143. The molecule has 1 heterocycles. The summed E-state index contributed by atoms with van der Waals surface area (Å²) < 4.78 is 0. The molecular weight excluding hydrogens is 202 g/mol. The lowest BCUT2D eigenvalue weighted by molar-refractivity contribution is -0.108. The number of carbonyl (C=O) groups is 1. The summed E-state index contributed by atoms with van der Waals surface area (Å²) in [4.78, 5) is 14.7. The van der Waals surface area contributed by atoms with Crippen LogP contribution >= 0.6 is 0 Å². The van der Waals surface area contributed by atoms with Crippen molar-refractivity contribution in [1.82, 2.24) is 4.98 Å². The van der Waals surface area contributed by atoms with E-state index >= 15 is 0 Å². The van der Waals surface area contributed by atoms with Crippen molar-refractivity contribution in [3.8, 4) is 5.75 Å². The van der Waals surface area contributed by atoms with E-state index in [0.29, 0.717) is 11.9 Å². The van der Waals surface area contributed by atoms with E-state index in [4.69, 9.17) is 0 Å². The summed E-state index contributed by atoms with van der Waals surface area (Å²) in [5, 5.41) is 10.6. The Morgan fingerprint density at radius 2 is 2.25 bits per heavy atom. The van der Waals surface area contributed by atoms with Crippen LogP contribution in [-0.2, 0) is 4.79 Å². The Hall–Kier alpha value is -1.90. The quantitative estimate of drug-likeness (QED) is 0.801. The Morgan fingerprint density at radius 1 is 1.44 bits per heavy atom. The maximum absolute atomic E-state index is 10.5. The Kier molecular flexibility index (Phi) is 2.86. The highest BCUT2D eigenvalue weighted by molar-refractivity contribution is 5.87. The van der Waals surface area contributed by atoms with Crippen LogP contribution in [0.2, 0.25) is 0 Å². The number of hydrogen-bond acceptors (Lipinski definition) is 3. The molecule has 3 nitrogen and oxygen atoms in total. The largest absolute Gasteiger partial charge is 0.506 e. The number of rotatable bonds is 3. The van der Waals surface area contributed by atoms with Crippen LogP contribution in [0.25, 0.3) is 10.9 Å². The lowest BCUT2D eigenvalue weighted by Gasteiger charge is -2.12. The Morgan fingerprint density at radius 3 is 3.00 bits per heavy atom. The van der Waals surface area contributed by atoms with Gasteiger partial charge in [0.25, 0.3) is 0 Å². The third kappa shape index (κ3) is 1.76. The fourth-order valence-corrected chi connectivity index (χ4v) is 1.88. The van der Waals surface area contributed by atoms with E-state index in [1.807, 2.05) is 25.1 Å². The minimum Gasteiger partial charge on any atom is -0.506 e. The molecule has 2 rings (SSSR count). The first-order chi connectivity index (χ1) is 7.74. The number of aromatic hydroxyl groups is 1. The summed E-state index contributed by atoms with van der Waals surface area (Å²) in [7, 11) is 0. The smallest absolute Gasteiger partial charge is 0.141 e. The maximum atomic E-state index is 10.5. The summed E-state index contributed by atoms with van der Waals surface area (Å²) in [6, 6.07) is 7.23. The van der Waals surface area contributed by atoms with E-state index in [9.17, 15) is 9.90 Å². The Bertz CT molecular complexity index is 522. The lowest BCUT2D eigenvalue weighted by atomic mass is 9.94. The zero-order chi connectivity index (χ0) is 11.5. The molecule has 1 aromatic heterocycles. The van der Waals surface area contributed by atoms with Crippen molar-refractivity contribution in [3.05, 3.63) is 36.0 Å². The number of hydrogen-bond donors (Lipinski definition) is 1. The van der Waals surface area contributed by atoms with Gasteiger partial charge >= 0.3 is 0 Å². The molecule has 16 heavy (non-hydrogen) atoms. The van der Waals surface area contributed by atoms with Crippen LogP contribution in [0.1, 0.15) is 24.8 Å². The number of phenols is 1. The van der Waals surface area contributed by atoms with Gasteiger partial charge in [-0.1, -0.05) is 19.1 Å². The molecule has 1 N–H and O–H groups in total. The van der Waals surface area contributed by atoms with Gasteiger partial charge < -0.3 is 9.90 Å². The van der Waals surface area contributed by atoms with Gasteiger partial charge in [-0.3, -0.25) is 4.98 Å². The molecule has 0 radical (unpaired) electrons. The van der Waals surface area contributed by atoms with E-state index < -0.39 is 0 Å². The standard InChI is InChI=1S/C13H13NO2/c1-9(6-8-15)10-4-5-12(16)13-11(10)3-2-7-14-13/h2-5,7-9,16H,6H2,1H3. The Labute approximate surface area is 93.7 Å². The third-order valence-electron chi connectivity index (χ3n) is 2.76. The first-order valence-corrected chi connectivity index (χ1v) is 5.24. The maximum Gasteiger partial charge on any atom is 0.141 e. The highest BCUT2D eigenvalue weighted by Gasteiger charge is 2.11. The van der Waals surface area contributed by atoms with Crippen LogP contribution in [0.3, 0.4) is 0 Å². The fraction of sp³-hybridized carbons (Fsp3) is 0.231. The minimum absolute atomic E-state index is 0.143. The van der Waals surface area contributed by atoms with Crippen molar-refractivity contribution in [2.75, 3.05) is 0 Å². The number of pyridine rings is 1. The highest BCUT2D eigenvalue weighted by Crippen LogP contribution is 2.30. The second kappa shape index (κ2) is 4.31. The molecular formula is C13H13NO2. The van der Waals surface area contributed by atoms with Crippen LogP contribution in [0, 0.1) is 0 Å². The number of carbonyl (C=O) groups excluding carboxylic acids is 1. The number of phenolic OH excluding ortho intramolecular Hbond substituents is 1. The molecule has 1 unspecified atom stereocenters. The predicted octanol–water partition coefficient (Wildman–Crippen LogP) is 2.63. The SMILES string of the molecule is CC(CC=O)c1ccc(O)c2ncccc12. The summed E-state index contributed by atoms with van der Waals surface area (Å²) in [6.07, 6.45) is 3.05. The predicted molar refractivity (Wildman–Crippen MR) is 62.5 cm³/mol. The Balaban J connectivity index is 2.62. The van der Waals surface area contributed by atoms with Gasteiger partial charge in [-0.15, -0.1) is 0 Å². The second-order valence-electron chi connectivity index (χ2n) is 3.88. The zero-order valence-electron chi connectivity index (χ0n) is 9.05. The molecule has 0 fully saturated rings. The van der Waals surface area contributed by atoms with E-state index in [2.05, 4.69) is 4.98 Å². The van der Waals surface area contributed by atoms with Crippen molar-refractivity contribution in [2.24, 2.45) is 0 Å². The molecule has 82 valence electrons. The lowest BCUT2D eigenvalue weighted by Crippen LogP contribution is -1.96. The molecule has 0 bridgehead atoms. The van der Waals surface area contributed by atoms with Crippen molar-refractivity contribution in [3.63, 3.8) is 0 Å². The van der Waals surface area contributed by atoms with Crippen LogP contribution < -0.4 is 0 Å². The van der Waals surface area contributed by atoms with Crippen molar-refractivity contribution in [2.45, 2.75) is 19.3 Å². The summed E-state index contributed by atoms with van der Waals surface area (Å²) >= 11 is 0. The number of nitrogens with zero attached hydrogens (tertiary/aromatic N) is 1. The molecule has 2 aromatic rings. The summed E-state index contributed by atoms with van der Waals surface area (Å²) in [6.45, 7) is 1.99. The summed E-state index contributed by atoms with van der Waals surface area (Å²) in [5.74, 6) is 0.322. The monoisotopic (exact) mass is 215 g/mol. The topological polar surface area (TPSA) is 50.2 Å². The fourth-order valence-electron chi connectivity index (χ4n) is 1.88. The van der Waals surface area contributed by atoms with Gasteiger partial charge in [0.1, 0.15) is 17.6 Å². The van der Waals surface area contributed by atoms with Crippen molar-refractivity contribution < 1.29 is 9.90 Å².